The fourth-order valence-electron chi connectivity index (χ4n) is 1.17. The van der Waals surface area contributed by atoms with E-state index in [2.05, 4.69) is 4.74 Å². The van der Waals surface area contributed by atoms with Gasteiger partial charge in [0, 0.05) is 0 Å². The number of rotatable bonds is 0. The summed E-state index contributed by atoms with van der Waals surface area (Å²) < 4.78 is 4.41. The fourth-order valence-corrected chi connectivity index (χ4v) is 1.17. The second kappa shape index (κ2) is 2.49. The maximum absolute atomic E-state index is 10.9. The van der Waals surface area contributed by atoms with Gasteiger partial charge in [-0.15, -0.1) is 0 Å². The highest BCUT2D eigenvalue weighted by molar-refractivity contribution is 6.07. The highest BCUT2D eigenvalue weighted by Gasteiger charge is 2.35. The van der Waals surface area contributed by atoms with Crippen LogP contribution in [0, 0.1) is 5.92 Å². The third kappa shape index (κ3) is 1.18. The second-order valence-electron chi connectivity index (χ2n) is 2.84. The molecule has 1 fully saturated rings. The molecular formula is C8H10O3. The van der Waals surface area contributed by atoms with E-state index in [1.165, 1.54) is 0 Å². The monoisotopic (exact) mass is 154 g/mol. The summed E-state index contributed by atoms with van der Waals surface area (Å²) in [6.45, 7) is 5.27. The Balaban J connectivity index is 3.08. The first kappa shape index (κ1) is 7.98. The molecule has 1 rings (SSSR count). The number of cyclic esters (lactones) is 2. The minimum absolute atomic E-state index is 0.382. The molecule has 1 atom stereocenters. The van der Waals surface area contributed by atoms with E-state index in [0.717, 1.165) is 5.57 Å². The van der Waals surface area contributed by atoms with Gasteiger partial charge in [-0.3, -0.25) is 4.79 Å². The quantitative estimate of drug-likeness (QED) is 0.297. The molecule has 0 aromatic heterocycles. The summed E-state index contributed by atoms with van der Waals surface area (Å²) in [5.41, 5.74) is 1.36. The summed E-state index contributed by atoms with van der Waals surface area (Å²) in [6, 6.07) is 0. The maximum atomic E-state index is 10.9. The Hall–Kier alpha value is -1.12. The van der Waals surface area contributed by atoms with Crippen molar-refractivity contribution in [3.63, 3.8) is 0 Å². The summed E-state index contributed by atoms with van der Waals surface area (Å²) in [4.78, 5) is 21.8. The Morgan fingerprint density at radius 2 is 1.91 bits per heavy atom. The number of esters is 2. The zero-order chi connectivity index (χ0) is 8.59. The van der Waals surface area contributed by atoms with Gasteiger partial charge in [-0.1, -0.05) is 5.57 Å². The summed E-state index contributed by atoms with van der Waals surface area (Å²) in [5.74, 6) is -1.30. The minimum Gasteiger partial charge on any atom is -0.389 e. The van der Waals surface area contributed by atoms with Gasteiger partial charge >= 0.3 is 11.9 Å². The molecule has 0 bridgehead atoms. The van der Waals surface area contributed by atoms with E-state index < -0.39 is 11.9 Å². The van der Waals surface area contributed by atoms with Crippen LogP contribution in [0.1, 0.15) is 20.8 Å². The van der Waals surface area contributed by atoms with E-state index in [0.29, 0.717) is 5.57 Å². The highest BCUT2D eigenvalue weighted by atomic mass is 16.6. The lowest BCUT2D eigenvalue weighted by Crippen LogP contribution is -2.04. The molecule has 1 aliphatic heterocycles. The lowest BCUT2D eigenvalue weighted by atomic mass is 10.00. The van der Waals surface area contributed by atoms with Crippen molar-refractivity contribution in [3.8, 4) is 0 Å². The van der Waals surface area contributed by atoms with Crippen LogP contribution in [-0.2, 0) is 14.3 Å². The van der Waals surface area contributed by atoms with Crippen molar-refractivity contribution in [1.29, 1.82) is 0 Å². The van der Waals surface area contributed by atoms with Crippen molar-refractivity contribution in [1.82, 2.24) is 0 Å². The van der Waals surface area contributed by atoms with Crippen molar-refractivity contribution >= 4 is 11.9 Å². The summed E-state index contributed by atoms with van der Waals surface area (Å²) in [6.07, 6.45) is 0. The molecule has 3 heteroatoms. The maximum Gasteiger partial charge on any atom is 0.342 e. The SMILES string of the molecule is CC(C)=C1C(=O)OC(=O)[C@H]1C. The molecule has 0 aliphatic carbocycles. The van der Waals surface area contributed by atoms with E-state index in [4.69, 9.17) is 0 Å². The van der Waals surface area contributed by atoms with Gasteiger partial charge in [-0.05, 0) is 20.8 Å². The third-order valence-electron chi connectivity index (χ3n) is 1.74. The van der Waals surface area contributed by atoms with E-state index in [1.807, 2.05) is 0 Å². The van der Waals surface area contributed by atoms with Crippen LogP contribution in [0.5, 0.6) is 0 Å². The minimum atomic E-state index is -0.484. The van der Waals surface area contributed by atoms with E-state index in [9.17, 15) is 9.59 Å². The van der Waals surface area contributed by atoms with Gasteiger partial charge in [0.2, 0.25) is 0 Å². The smallest absolute Gasteiger partial charge is 0.342 e. The molecule has 0 N–H and O–H groups in total. The van der Waals surface area contributed by atoms with E-state index in [-0.39, 0.29) is 5.92 Å². The number of carbonyl (C=O) groups is 2. The van der Waals surface area contributed by atoms with Crippen molar-refractivity contribution in [2.75, 3.05) is 0 Å². The van der Waals surface area contributed by atoms with Gasteiger partial charge in [0.05, 0.1) is 11.5 Å². The molecule has 0 unspecified atom stereocenters. The predicted molar refractivity (Wildman–Crippen MR) is 38.6 cm³/mol. The Kier molecular flexibility index (Phi) is 1.81. The first-order valence-corrected chi connectivity index (χ1v) is 3.47. The number of carbonyl (C=O) groups excluding carboxylic acids is 2. The lowest BCUT2D eigenvalue weighted by Gasteiger charge is -1.97. The highest BCUT2D eigenvalue weighted by Crippen LogP contribution is 2.24. The molecule has 1 heterocycles. The van der Waals surface area contributed by atoms with Gasteiger partial charge in [0.15, 0.2) is 0 Å². The van der Waals surface area contributed by atoms with Crippen molar-refractivity contribution < 1.29 is 14.3 Å². The van der Waals surface area contributed by atoms with Crippen LogP contribution in [0.3, 0.4) is 0 Å². The normalized spacial score (nSPS) is 23.9. The second-order valence-corrected chi connectivity index (χ2v) is 2.84. The zero-order valence-electron chi connectivity index (χ0n) is 6.80. The van der Waals surface area contributed by atoms with Gasteiger partial charge in [-0.2, -0.15) is 0 Å². The van der Waals surface area contributed by atoms with Crippen molar-refractivity contribution in [2.24, 2.45) is 5.92 Å². The summed E-state index contributed by atoms with van der Waals surface area (Å²) in [5, 5.41) is 0. The molecule has 3 nitrogen and oxygen atoms in total. The Morgan fingerprint density at radius 1 is 1.36 bits per heavy atom. The average Bonchev–Trinajstić information content (AvgIpc) is 2.07. The number of hydrogen-bond acceptors (Lipinski definition) is 3. The van der Waals surface area contributed by atoms with Crippen LogP contribution in [0.2, 0.25) is 0 Å². The largest absolute Gasteiger partial charge is 0.389 e. The van der Waals surface area contributed by atoms with Crippen molar-refractivity contribution in [2.45, 2.75) is 20.8 Å². The zero-order valence-corrected chi connectivity index (χ0v) is 6.80. The van der Waals surface area contributed by atoms with E-state index >= 15 is 0 Å². The van der Waals surface area contributed by atoms with Gasteiger partial charge in [-0.25, -0.2) is 4.79 Å². The first-order chi connectivity index (χ1) is 5.04. The molecule has 60 valence electrons. The molecule has 1 saturated heterocycles. The first-order valence-electron chi connectivity index (χ1n) is 3.47. The van der Waals surface area contributed by atoms with E-state index in [1.54, 1.807) is 20.8 Å². The average molecular weight is 154 g/mol. The van der Waals surface area contributed by atoms with Crippen LogP contribution in [0.15, 0.2) is 11.1 Å². The summed E-state index contributed by atoms with van der Waals surface area (Å²) >= 11 is 0. The molecule has 0 aromatic rings. The lowest BCUT2D eigenvalue weighted by molar-refractivity contribution is -0.152. The Morgan fingerprint density at radius 3 is 2.09 bits per heavy atom. The Labute approximate surface area is 65.0 Å². The van der Waals surface area contributed by atoms with Crippen LogP contribution in [0.25, 0.3) is 0 Å². The van der Waals surface area contributed by atoms with Crippen LogP contribution < -0.4 is 0 Å². The number of ether oxygens (including phenoxy) is 1. The molecule has 0 spiro atoms. The van der Waals surface area contributed by atoms with Crippen LogP contribution in [0.4, 0.5) is 0 Å². The topological polar surface area (TPSA) is 43.4 Å². The molecule has 0 aromatic carbocycles. The summed E-state index contributed by atoms with van der Waals surface area (Å²) in [7, 11) is 0. The van der Waals surface area contributed by atoms with Crippen LogP contribution in [-0.4, -0.2) is 11.9 Å². The third-order valence-corrected chi connectivity index (χ3v) is 1.74. The number of allylic oxidation sites excluding steroid dienone is 1. The molecular weight excluding hydrogens is 144 g/mol. The van der Waals surface area contributed by atoms with Crippen LogP contribution >= 0.6 is 0 Å². The number of hydrogen-bond donors (Lipinski definition) is 0. The molecule has 0 saturated carbocycles. The molecule has 0 radical (unpaired) electrons. The van der Waals surface area contributed by atoms with Crippen molar-refractivity contribution in [3.05, 3.63) is 11.1 Å². The van der Waals surface area contributed by atoms with Gasteiger partial charge < -0.3 is 4.74 Å². The molecule has 1 aliphatic rings. The fraction of sp³-hybridized carbons (Fsp3) is 0.500. The standard InChI is InChI=1S/C8H10O3/c1-4(2)6-5(3)7(9)11-8(6)10/h5H,1-3H3/t5-/m0/s1. The Bertz CT molecular complexity index is 246. The van der Waals surface area contributed by atoms with Gasteiger partial charge in [0.1, 0.15) is 0 Å². The molecule has 0 amide bonds. The predicted octanol–water partition coefficient (Wildman–Crippen LogP) is 1.04. The molecule has 11 heavy (non-hydrogen) atoms. The van der Waals surface area contributed by atoms with Gasteiger partial charge in [0.25, 0.3) is 0 Å².